The van der Waals surface area contributed by atoms with E-state index in [9.17, 15) is 9.59 Å². The molecule has 2 aromatic rings. The zero-order chi connectivity index (χ0) is 15.4. The number of carboxylic acid groups (broad SMARTS) is 1. The predicted octanol–water partition coefficient (Wildman–Crippen LogP) is 1.48. The number of amides is 1. The number of nitrogens with zero attached hydrogens (tertiary/aromatic N) is 2. The summed E-state index contributed by atoms with van der Waals surface area (Å²) in [4.78, 5) is 22.3. The maximum atomic E-state index is 11.4. The van der Waals surface area contributed by atoms with Gasteiger partial charge >= 0.3 is 5.97 Å². The number of carbonyl (C=O) groups excluding carboxylic acids is 1. The smallest absolute Gasteiger partial charge is 0.310 e. The molecule has 1 heterocycles. The highest BCUT2D eigenvalue weighted by atomic mass is 16.4. The monoisotopic (exact) mass is 287 g/mol. The summed E-state index contributed by atoms with van der Waals surface area (Å²) in [5.41, 5.74) is 2.12. The van der Waals surface area contributed by atoms with Gasteiger partial charge in [-0.15, -0.1) is 0 Å². The van der Waals surface area contributed by atoms with Crippen LogP contribution in [-0.4, -0.2) is 33.8 Å². The van der Waals surface area contributed by atoms with Gasteiger partial charge in [0.25, 0.3) is 5.91 Å². The molecule has 1 atom stereocenters. The second-order valence-electron chi connectivity index (χ2n) is 4.78. The Morgan fingerprint density at radius 1 is 1.29 bits per heavy atom. The first-order chi connectivity index (χ1) is 10.0. The number of carbonyl (C=O) groups is 2. The van der Waals surface area contributed by atoms with Crippen molar-refractivity contribution < 1.29 is 14.7 Å². The lowest BCUT2D eigenvalue weighted by Gasteiger charge is -2.08. The van der Waals surface area contributed by atoms with Crippen molar-refractivity contribution in [3.05, 3.63) is 53.3 Å². The molecule has 110 valence electrons. The molecule has 1 aromatic carbocycles. The van der Waals surface area contributed by atoms with Gasteiger partial charge in [-0.3, -0.25) is 14.3 Å². The van der Waals surface area contributed by atoms with Gasteiger partial charge in [0, 0.05) is 13.2 Å². The Balaban J connectivity index is 2.08. The number of nitrogens with one attached hydrogen (secondary N) is 1. The second kappa shape index (κ2) is 6.21. The average Bonchev–Trinajstić information content (AvgIpc) is 2.95. The summed E-state index contributed by atoms with van der Waals surface area (Å²) in [6, 6.07) is 9.00. The third kappa shape index (κ3) is 3.47. The molecule has 21 heavy (non-hydrogen) atoms. The molecule has 2 N–H and O–H groups in total. The maximum Gasteiger partial charge on any atom is 0.310 e. The van der Waals surface area contributed by atoms with Gasteiger partial charge in [-0.25, -0.2) is 0 Å². The summed E-state index contributed by atoms with van der Waals surface area (Å²) in [6.07, 6.45) is 1.73. The zero-order valence-electron chi connectivity index (χ0n) is 11.9. The van der Waals surface area contributed by atoms with Gasteiger partial charge in [0.15, 0.2) is 0 Å². The molecule has 0 aliphatic carbocycles. The van der Waals surface area contributed by atoms with E-state index in [0.29, 0.717) is 12.2 Å². The van der Waals surface area contributed by atoms with Crippen molar-refractivity contribution >= 4 is 11.9 Å². The first-order valence-electron chi connectivity index (χ1n) is 6.58. The van der Waals surface area contributed by atoms with E-state index in [2.05, 4.69) is 10.4 Å². The van der Waals surface area contributed by atoms with Gasteiger partial charge < -0.3 is 10.4 Å². The molecule has 0 fully saturated rings. The number of benzene rings is 1. The highest BCUT2D eigenvalue weighted by Gasteiger charge is 2.13. The van der Waals surface area contributed by atoms with Gasteiger partial charge in [-0.2, -0.15) is 5.10 Å². The summed E-state index contributed by atoms with van der Waals surface area (Å²) >= 11 is 0. The van der Waals surface area contributed by atoms with Crippen LogP contribution < -0.4 is 5.32 Å². The molecule has 1 unspecified atom stereocenters. The molecule has 2 rings (SSSR count). The maximum absolute atomic E-state index is 11.4. The topological polar surface area (TPSA) is 84.2 Å². The number of carboxylic acids is 1. The van der Waals surface area contributed by atoms with E-state index in [0.717, 1.165) is 11.1 Å². The minimum absolute atomic E-state index is 0.223. The normalized spacial score (nSPS) is 11.9. The van der Waals surface area contributed by atoms with Crippen molar-refractivity contribution in [1.82, 2.24) is 15.1 Å². The Morgan fingerprint density at radius 3 is 2.52 bits per heavy atom. The number of hydrogen-bond donors (Lipinski definition) is 2. The van der Waals surface area contributed by atoms with Crippen LogP contribution in [0.1, 0.15) is 34.5 Å². The second-order valence-corrected chi connectivity index (χ2v) is 4.78. The van der Waals surface area contributed by atoms with E-state index in [-0.39, 0.29) is 5.91 Å². The van der Waals surface area contributed by atoms with Crippen LogP contribution in [0, 0.1) is 0 Å². The van der Waals surface area contributed by atoms with E-state index in [1.165, 1.54) is 0 Å². The van der Waals surface area contributed by atoms with E-state index >= 15 is 0 Å². The van der Waals surface area contributed by atoms with Crippen LogP contribution in [0.3, 0.4) is 0 Å². The zero-order valence-corrected chi connectivity index (χ0v) is 11.9. The molecule has 1 amide bonds. The predicted molar refractivity (Wildman–Crippen MR) is 77.2 cm³/mol. The molecular weight excluding hydrogens is 270 g/mol. The van der Waals surface area contributed by atoms with Crippen molar-refractivity contribution in [1.29, 1.82) is 0 Å². The van der Waals surface area contributed by atoms with Crippen molar-refractivity contribution in [2.24, 2.45) is 0 Å². The Morgan fingerprint density at radius 2 is 1.95 bits per heavy atom. The van der Waals surface area contributed by atoms with Gasteiger partial charge in [0.1, 0.15) is 5.69 Å². The van der Waals surface area contributed by atoms with E-state index in [4.69, 9.17) is 5.11 Å². The Bertz CT molecular complexity index is 646. The van der Waals surface area contributed by atoms with Crippen molar-refractivity contribution in [3.63, 3.8) is 0 Å². The van der Waals surface area contributed by atoms with Crippen LogP contribution in [0.25, 0.3) is 0 Å². The average molecular weight is 287 g/mol. The molecule has 0 saturated heterocycles. The summed E-state index contributed by atoms with van der Waals surface area (Å²) in [5, 5.41) is 15.7. The summed E-state index contributed by atoms with van der Waals surface area (Å²) in [5.74, 6) is -1.59. The van der Waals surface area contributed by atoms with E-state index in [1.807, 2.05) is 12.1 Å². The van der Waals surface area contributed by atoms with Crippen molar-refractivity contribution in [2.75, 3.05) is 7.05 Å². The fourth-order valence-corrected chi connectivity index (χ4v) is 1.94. The molecule has 6 heteroatoms. The van der Waals surface area contributed by atoms with Crippen LogP contribution >= 0.6 is 0 Å². The third-order valence-corrected chi connectivity index (χ3v) is 3.30. The van der Waals surface area contributed by atoms with Gasteiger partial charge in [-0.05, 0) is 24.1 Å². The summed E-state index contributed by atoms with van der Waals surface area (Å²) in [7, 11) is 1.56. The SMILES string of the molecule is CNC(=O)c1ccn(Cc2ccc(C(C)C(=O)O)cc2)n1. The number of rotatable bonds is 5. The van der Waals surface area contributed by atoms with Crippen molar-refractivity contribution in [3.8, 4) is 0 Å². The third-order valence-electron chi connectivity index (χ3n) is 3.30. The Kier molecular flexibility index (Phi) is 4.37. The van der Waals surface area contributed by atoms with Crippen LogP contribution in [0.2, 0.25) is 0 Å². The summed E-state index contributed by atoms with van der Waals surface area (Å²) in [6.45, 7) is 2.18. The molecular formula is C15H17N3O3. The minimum atomic E-state index is -0.843. The van der Waals surface area contributed by atoms with Crippen LogP contribution in [0.5, 0.6) is 0 Å². The van der Waals surface area contributed by atoms with Gasteiger partial charge in [0.05, 0.1) is 12.5 Å². The van der Waals surface area contributed by atoms with Gasteiger partial charge in [-0.1, -0.05) is 24.3 Å². The van der Waals surface area contributed by atoms with Crippen LogP contribution in [-0.2, 0) is 11.3 Å². The fourth-order valence-electron chi connectivity index (χ4n) is 1.94. The van der Waals surface area contributed by atoms with Crippen molar-refractivity contribution in [2.45, 2.75) is 19.4 Å². The molecule has 0 radical (unpaired) electrons. The lowest BCUT2D eigenvalue weighted by Crippen LogP contribution is -2.18. The van der Waals surface area contributed by atoms with Crippen LogP contribution in [0.15, 0.2) is 36.5 Å². The molecule has 0 aliphatic rings. The molecule has 0 bridgehead atoms. The summed E-state index contributed by atoms with van der Waals surface area (Å²) < 4.78 is 1.67. The molecule has 0 saturated carbocycles. The highest BCUT2D eigenvalue weighted by Crippen LogP contribution is 2.16. The molecule has 6 nitrogen and oxygen atoms in total. The number of aromatic nitrogens is 2. The first kappa shape index (κ1) is 14.8. The Labute approximate surface area is 122 Å². The largest absolute Gasteiger partial charge is 0.481 e. The van der Waals surface area contributed by atoms with E-state index < -0.39 is 11.9 Å². The molecule has 0 aliphatic heterocycles. The lowest BCUT2D eigenvalue weighted by molar-refractivity contribution is -0.138. The van der Waals surface area contributed by atoms with E-state index in [1.54, 1.807) is 43.0 Å². The number of aliphatic carboxylic acids is 1. The van der Waals surface area contributed by atoms with Gasteiger partial charge in [0.2, 0.25) is 0 Å². The highest BCUT2D eigenvalue weighted by molar-refractivity contribution is 5.91. The molecule has 0 spiro atoms. The standard InChI is InChI=1S/C15H17N3O3/c1-10(15(20)21)12-5-3-11(4-6-12)9-18-8-7-13(17-18)14(19)16-2/h3-8,10H,9H2,1-2H3,(H,16,19)(H,20,21). The first-order valence-corrected chi connectivity index (χ1v) is 6.58. The molecule has 1 aromatic heterocycles. The lowest BCUT2D eigenvalue weighted by atomic mass is 10.0. The fraction of sp³-hybridized carbons (Fsp3) is 0.267. The quantitative estimate of drug-likeness (QED) is 0.872. The van der Waals surface area contributed by atoms with Crippen LogP contribution in [0.4, 0.5) is 0 Å². The number of hydrogen-bond acceptors (Lipinski definition) is 3. The minimum Gasteiger partial charge on any atom is -0.481 e. The Hall–Kier alpha value is -2.63.